The number of ether oxygens (including phenoxy) is 3. The topological polar surface area (TPSA) is 78.9 Å². The van der Waals surface area contributed by atoms with Gasteiger partial charge < -0.3 is 14.2 Å². The van der Waals surface area contributed by atoms with Gasteiger partial charge in [0, 0.05) is 19.3 Å². The van der Waals surface area contributed by atoms with E-state index in [1.807, 2.05) is 128 Å². The molecule has 1 atom stereocenters. The summed E-state index contributed by atoms with van der Waals surface area (Å²) >= 11 is 0. The van der Waals surface area contributed by atoms with Gasteiger partial charge in [-0.1, -0.05) is 242 Å². The highest BCUT2D eigenvalue weighted by Crippen LogP contribution is 2.12. The Balaban J connectivity index is 4.63. The Labute approximate surface area is 409 Å². The number of esters is 3. The Morgan fingerprint density at radius 3 is 1.10 bits per heavy atom. The lowest BCUT2D eigenvalue weighted by Gasteiger charge is -2.18. The molecule has 0 aromatic carbocycles. The Morgan fingerprint density at radius 1 is 0.328 bits per heavy atom. The zero-order valence-corrected chi connectivity index (χ0v) is 42.1. The molecular formula is C61H90O6. The lowest BCUT2D eigenvalue weighted by Crippen LogP contribution is -2.30. The van der Waals surface area contributed by atoms with Crippen LogP contribution in [0.2, 0.25) is 0 Å². The maximum absolute atomic E-state index is 12.8. The second-order valence-corrected chi connectivity index (χ2v) is 16.3. The molecule has 6 heteroatoms. The van der Waals surface area contributed by atoms with Crippen LogP contribution in [0.3, 0.4) is 0 Å². The van der Waals surface area contributed by atoms with Gasteiger partial charge in [0.05, 0.1) is 0 Å². The summed E-state index contributed by atoms with van der Waals surface area (Å²) in [6, 6.07) is 0. The number of carbonyl (C=O) groups excluding carboxylic acids is 3. The molecule has 1 unspecified atom stereocenters. The molecule has 0 heterocycles. The first-order valence-corrected chi connectivity index (χ1v) is 25.8. The summed E-state index contributed by atoms with van der Waals surface area (Å²) < 4.78 is 16.7. The van der Waals surface area contributed by atoms with Crippen LogP contribution in [0.1, 0.15) is 175 Å². The van der Waals surface area contributed by atoms with Gasteiger partial charge in [-0.3, -0.25) is 14.4 Å². The van der Waals surface area contributed by atoms with Gasteiger partial charge in [-0.05, 0) is 83.5 Å². The van der Waals surface area contributed by atoms with Crippen molar-refractivity contribution in [2.75, 3.05) is 13.2 Å². The molecule has 0 aliphatic heterocycles. The molecule has 370 valence electrons. The van der Waals surface area contributed by atoms with E-state index in [0.29, 0.717) is 12.8 Å². The highest BCUT2D eigenvalue weighted by molar-refractivity contribution is 5.71. The molecule has 0 saturated carbocycles. The number of hydrogen-bond acceptors (Lipinski definition) is 6. The minimum Gasteiger partial charge on any atom is -0.462 e. The molecular weight excluding hydrogens is 829 g/mol. The number of unbranched alkanes of at least 4 members (excludes halogenated alkanes) is 14. The Hall–Kier alpha value is -5.23. The molecule has 0 radical (unpaired) electrons. The Bertz CT molecular complexity index is 1620. The maximum atomic E-state index is 12.8. The highest BCUT2D eigenvalue weighted by Gasteiger charge is 2.19. The molecule has 0 aliphatic rings. The van der Waals surface area contributed by atoms with E-state index in [1.54, 1.807) is 0 Å². The molecule has 0 aromatic heterocycles. The van der Waals surface area contributed by atoms with E-state index in [4.69, 9.17) is 14.2 Å². The fourth-order valence-corrected chi connectivity index (χ4v) is 6.19. The van der Waals surface area contributed by atoms with E-state index in [0.717, 1.165) is 77.0 Å². The Morgan fingerprint density at radius 2 is 0.657 bits per heavy atom. The van der Waals surface area contributed by atoms with Gasteiger partial charge in [0.15, 0.2) is 6.10 Å². The third-order valence-corrected chi connectivity index (χ3v) is 10.0. The summed E-state index contributed by atoms with van der Waals surface area (Å²) in [4.78, 5) is 38.0. The monoisotopic (exact) mass is 919 g/mol. The van der Waals surface area contributed by atoms with Crippen LogP contribution in [0.5, 0.6) is 0 Å². The first-order valence-electron chi connectivity index (χ1n) is 25.8. The van der Waals surface area contributed by atoms with Crippen LogP contribution in [0, 0.1) is 0 Å². The molecule has 0 rings (SSSR count). The SMILES string of the molecule is CC/C=C/C=C/C=C/C=C/C=C/C=C/C=C/CCCCCC(=O)OCC(COC(=O)CCC/C=C/C=C/C=C/C=C/C=C/CC)OC(=O)CCCCCCCCC/C=C/C/C=C/CCCCC. The maximum Gasteiger partial charge on any atom is 0.306 e. The second kappa shape index (κ2) is 53.4. The van der Waals surface area contributed by atoms with Crippen LogP contribution in [0.25, 0.3) is 0 Å². The van der Waals surface area contributed by atoms with Gasteiger partial charge in [0.1, 0.15) is 13.2 Å². The average molecular weight is 919 g/mol. The van der Waals surface area contributed by atoms with E-state index in [9.17, 15) is 14.4 Å². The third-order valence-electron chi connectivity index (χ3n) is 10.0. The molecule has 0 spiro atoms. The van der Waals surface area contributed by atoms with E-state index in [1.165, 1.54) is 44.9 Å². The molecule has 6 nitrogen and oxygen atoms in total. The van der Waals surface area contributed by atoms with Crippen molar-refractivity contribution in [1.82, 2.24) is 0 Å². The standard InChI is InChI=1S/C61H90O6/c1-4-7-10-13-16-19-22-25-27-29-30-32-33-36-39-42-45-48-51-54-60(63)66-57-58(56-65-59(62)53-50-47-44-41-38-35-24-21-18-15-12-9-6-3)67-61(64)55-52-49-46-43-40-37-34-31-28-26-23-20-17-14-11-8-5-2/h7,9-10,12-13,15-22,24-30,32-33,35-36,38-39,41,44,58H,4-6,8,11,14,23,31,34,37,40,42-43,45-57H2,1-3H3/b10-7+,12-9+,16-13+,18-15+,20-17+,22-19+,24-21+,27-25+,28-26+,30-29+,33-32+,38-35+,39-36+,44-41+. The molecule has 0 amide bonds. The normalized spacial score (nSPS) is 13.5. The summed E-state index contributed by atoms with van der Waals surface area (Å²) in [5.41, 5.74) is 0. The second-order valence-electron chi connectivity index (χ2n) is 16.3. The minimum atomic E-state index is -0.840. The molecule has 67 heavy (non-hydrogen) atoms. The summed E-state index contributed by atoms with van der Waals surface area (Å²) in [6.45, 7) is 6.18. The molecule has 0 saturated heterocycles. The Kier molecular flexibility index (Phi) is 49.2. The largest absolute Gasteiger partial charge is 0.462 e. The fourth-order valence-electron chi connectivity index (χ4n) is 6.19. The number of hydrogen-bond donors (Lipinski definition) is 0. The summed E-state index contributed by atoms with van der Waals surface area (Å²) in [6.07, 6.45) is 79.1. The van der Waals surface area contributed by atoms with Crippen molar-refractivity contribution in [3.8, 4) is 0 Å². The minimum absolute atomic E-state index is 0.137. The molecule has 0 fully saturated rings. The van der Waals surface area contributed by atoms with E-state index in [-0.39, 0.29) is 50.4 Å². The van der Waals surface area contributed by atoms with Crippen LogP contribution < -0.4 is 0 Å². The lowest BCUT2D eigenvalue weighted by molar-refractivity contribution is -0.167. The van der Waals surface area contributed by atoms with Crippen LogP contribution >= 0.6 is 0 Å². The highest BCUT2D eigenvalue weighted by atomic mass is 16.6. The van der Waals surface area contributed by atoms with Crippen LogP contribution in [0.15, 0.2) is 170 Å². The predicted octanol–water partition coefficient (Wildman–Crippen LogP) is 17.2. The van der Waals surface area contributed by atoms with Crippen molar-refractivity contribution in [3.63, 3.8) is 0 Å². The van der Waals surface area contributed by atoms with Crippen LogP contribution in [-0.2, 0) is 28.6 Å². The smallest absolute Gasteiger partial charge is 0.306 e. The molecule has 0 N–H and O–H groups in total. The molecule has 0 aromatic rings. The van der Waals surface area contributed by atoms with Crippen molar-refractivity contribution >= 4 is 17.9 Å². The van der Waals surface area contributed by atoms with Crippen molar-refractivity contribution in [1.29, 1.82) is 0 Å². The fraction of sp³-hybridized carbons (Fsp3) is 0.492. The summed E-state index contributed by atoms with van der Waals surface area (Å²) in [7, 11) is 0. The van der Waals surface area contributed by atoms with Gasteiger partial charge in [0.2, 0.25) is 0 Å². The first-order chi connectivity index (χ1) is 33.0. The lowest BCUT2D eigenvalue weighted by atomic mass is 10.1. The van der Waals surface area contributed by atoms with Gasteiger partial charge in [-0.15, -0.1) is 0 Å². The van der Waals surface area contributed by atoms with Gasteiger partial charge in [0.25, 0.3) is 0 Å². The number of rotatable bonds is 43. The van der Waals surface area contributed by atoms with E-state index in [2.05, 4.69) is 63.3 Å². The van der Waals surface area contributed by atoms with Gasteiger partial charge in [-0.25, -0.2) is 0 Å². The molecule has 0 bridgehead atoms. The van der Waals surface area contributed by atoms with E-state index < -0.39 is 6.10 Å². The summed E-state index contributed by atoms with van der Waals surface area (Å²) in [5, 5.41) is 0. The zero-order chi connectivity index (χ0) is 48.6. The van der Waals surface area contributed by atoms with Crippen molar-refractivity contribution < 1.29 is 28.6 Å². The van der Waals surface area contributed by atoms with Crippen LogP contribution in [-0.4, -0.2) is 37.2 Å². The average Bonchev–Trinajstić information content (AvgIpc) is 3.33. The van der Waals surface area contributed by atoms with Crippen LogP contribution in [0.4, 0.5) is 0 Å². The quantitative estimate of drug-likeness (QED) is 0.0199. The van der Waals surface area contributed by atoms with E-state index >= 15 is 0 Å². The first kappa shape index (κ1) is 61.8. The number of allylic oxidation sites excluding steroid dienone is 28. The van der Waals surface area contributed by atoms with Gasteiger partial charge in [-0.2, -0.15) is 0 Å². The van der Waals surface area contributed by atoms with Crippen molar-refractivity contribution in [3.05, 3.63) is 170 Å². The predicted molar refractivity (Wildman–Crippen MR) is 288 cm³/mol. The molecule has 0 aliphatic carbocycles. The number of carbonyl (C=O) groups is 3. The van der Waals surface area contributed by atoms with Gasteiger partial charge >= 0.3 is 17.9 Å². The summed E-state index contributed by atoms with van der Waals surface area (Å²) in [5.74, 6) is -1.08. The third kappa shape index (κ3) is 51.6. The van der Waals surface area contributed by atoms with Crippen molar-refractivity contribution in [2.45, 2.75) is 181 Å². The zero-order valence-electron chi connectivity index (χ0n) is 42.1. The van der Waals surface area contributed by atoms with Crippen molar-refractivity contribution in [2.24, 2.45) is 0 Å².